The van der Waals surface area contributed by atoms with E-state index in [2.05, 4.69) is 76.2 Å². The molecule has 0 bridgehead atoms. The van der Waals surface area contributed by atoms with Crippen LogP contribution in [-0.2, 0) is 0 Å². The topological polar surface area (TPSA) is 0 Å². The third kappa shape index (κ3) is 3.09. The largest absolute Gasteiger partial charge is 0.0625 e. The molecule has 0 N–H and O–H groups in total. The third-order valence-electron chi connectivity index (χ3n) is 7.14. The van der Waals surface area contributed by atoms with Crippen molar-refractivity contribution in [3.05, 3.63) is 0 Å². The Kier molecular flexibility index (Phi) is 4.81. The fraction of sp³-hybridized carbons (Fsp3) is 1.00. The normalized spacial score (nSPS) is 31.8. The summed E-state index contributed by atoms with van der Waals surface area (Å²) >= 11 is 0. The Hall–Kier alpha value is 0. The molecular weight excluding hydrogens is 240 g/mol. The SMILES string of the molecule is CC(C)C(C(C)C(C)C(C)C1(C)CC1(C)C)C(C)(C)C. The monoisotopic (exact) mass is 280 g/mol. The van der Waals surface area contributed by atoms with E-state index >= 15 is 0 Å². The maximum Gasteiger partial charge on any atom is -0.0241 e. The quantitative estimate of drug-likeness (QED) is 0.529. The molecule has 0 spiro atoms. The number of hydrogen-bond donors (Lipinski definition) is 0. The van der Waals surface area contributed by atoms with Crippen LogP contribution in [0.3, 0.4) is 0 Å². The molecule has 0 aromatic heterocycles. The van der Waals surface area contributed by atoms with Crippen LogP contribution in [0.5, 0.6) is 0 Å². The molecule has 0 heteroatoms. The number of rotatable bonds is 5. The minimum absolute atomic E-state index is 0.404. The van der Waals surface area contributed by atoms with E-state index in [1.165, 1.54) is 6.42 Å². The van der Waals surface area contributed by atoms with Crippen LogP contribution in [0.4, 0.5) is 0 Å². The molecule has 0 aromatic rings. The molecule has 0 radical (unpaired) electrons. The molecule has 0 aliphatic heterocycles. The van der Waals surface area contributed by atoms with E-state index in [1.54, 1.807) is 0 Å². The first kappa shape index (κ1) is 18.1. The van der Waals surface area contributed by atoms with E-state index in [0.29, 0.717) is 16.2 Å². The molecule has 1 saturated carbocycles. The molecule has 120 valence electrons. The van der Waals surface area contributed by atoms with Crippen LogP contribution in [0.25, 0.3) is 0 Å². The van der Waals surface area contributed by atoms with Crippen LogP contribution < -0.4 is 0 Å². The van der Waals surface area contributed by atoms with Gasteiger partial charge < -0.3 is 0 Å². The van der Waals surface area contributed by atoms with Crippen LogP contribution in [0.15, 0.2) is 0 Å². The zero-order chi connectivity index (χ0) is 16.1. The van der Waals surface area contributed by atoms with Crippen molar-refractivity contribution in [3.8, 4) is 0 Å². The summed E-state index contributed by atoms with van der Waals surface area (Å²) < 4.78 is 0. The zero-order valence-electron chi connectivity index (χ0n) is 16.1. The highest BCUT2D eigenvalue weighted by Gasteiger charge is 2.61. The van der Waals surface area contributed by atoms with Crippen molar-refractivity contribution in [3.63, 3.8) is 0 Å². The van der Waals surface area contributed by atoms with Crippen LogP contribution in [0.2, 0.25) is 0 Å². The highest BCUT2D eigenvalue weighted by atomic mass is 14.7. The molecule has 0 saturated heterocycles. The Labute approximate surface area is 129 Å². The summed E-state index contributed by atoms with van der Waals surface area (Å²) in [7, 11) is 0. The van der Waals surface area contributed by atoms with Gasteiger partial charge in [0, 0.05) is 0 Å². The van der Waals surface area contributed by atoms with Gasteiger partial charge in [-0.15, -0.1) is 0 Å². The lowest BCUT2D eigenvalue weighted by Gasteiger charge is -2.44. The lowest BCUT2D eigenvalue weighted by atomic mass is 9.61. The summed E-state index contributed by atoms with van der Waals surface area (Å²) in [5, 5.41) is 0. The molecule has 5 unspecified atom stereocenters. The van der Waals surface area contributed by atoms with Crippen LogP contribution in [0, 0.1) is 45.8 Å². The summed E-state index contributed by atoms with van der Waals surface area (Å²) in [6, 6.07) is 0. The maximum absolute atomic E-state index is 2.52. The Morgan fingerprint density at radius 3 is 1.45 bits per heavy atom. The Morgan fingerprint density at radius 1 is 0.800 bits per heavy atom. The average Bonchev–Trinajstić information content (AvgIpc) is 2.74. The van der Waals surface area contributed by atoms with Gasteiger partial charge in [0.25, 0.3) is 0 Å². The molecule has 20 heavy (non-hydrogen) atoms. The molecular formula is C20H40. The van der Waals surface area contributed by atoms with Crippen molar-refractivity contribution in [1.82, 2.24) is 0 Å². The summed E-state index contributed by atoms with van der Waals surface area (Å²) in [6.45, 7) is 27.0. The van der Waals surface area contributed by atoms with Gasteiger partial charge in [0.05, 0.1) is 0 Å². The molecule has 5 atom stereocenters. The Bertz CT molecular complexity index is 330. The predicted molar refractivity (Wildman–Crippen MR) is 91.8 cm³/mol. The number of hydrogen-bond acceptors (Lipinski definition) is 0. The predicted octanol–water partition coefficient (Wildman–Crippen LogP) is 6.65. The Morgan fingerprint density at radius 2 is 1.20 bits per heavy atom. The lowest BCUT2D eigenvalue weighted by molar-refractivity contribution is 0.0453. The second kappa shape index (κ2) is 5.33. The van der Waals surface area contributed by atoms with E-state index in [4.69, 9.17) is 0 Å². The molecule has 1 aliphatic carbocycles. The van der Waals surface area contributed by atoms with Gasteiger partial charge in [0.15, 0.2) is 0 Å². The van der Waals surface area contributed by atoms with Crippen LogP contribution >= 0.6 is 0 Å². The van der Waals surface area contributed by atoms with Crippen molar-refractivity contribution in [2.45, 2.75) is 82.6 Å². The van der Waals surface area contributed by atoms with Crippen LogP contribution in [-0.4, -0.2) is 0 Å². The van der Waals surface area contributed by atoms with Gasteiger partial charge in [0.2, 0.25) is 0 Å². The first-order chi connectivity index (χ1) is 8.75. The highest BCUT2D eigenvalue weighted by molar-refractivity contribution is 5.10. The van der Waals surface area contributed by atoms with Gasteiger partial charge in [-0.05, 0) is 52.3 Å². The van der Waals surface area contributed by atoms with E-state index in [-0.39, 0.29) is 0 Å². The van der Waals surface area contributed by atoms with Crippen LogP contribution in [0.1, 0.15) is 82.6 Å². The van der Waals surface area contributed by atoms with Crippen molar-refractivity contribution < 1.29 is 0 Å². The summed E-state index contributed by atoms with van der Waals surface area (Å²) in [4.78, 5) is 0. The zero-order valence-corrected chi connectivity index (χ0v) is 16.1. The smallest absolute Gasteiger partial charge is 0.0241 e. The minimum atomic E-state index is 0.404. The maximum atomic E-state index is 2.52. The van der Waals surface area contributed by atoms with E-state index in [0.717, 1.165) is 29.6 Å². The molecule has 1 fully saturated rings. The van der Waals surface area contributed by atoms with Gasteiger partial charge in [-0.2, -0.15) is 0 Å². The molecule has 0 nitrogen and oxygen atoms in total. The minimum Gasteiger partial charge on any atom is -0.0625 e. The van der Waals surface area contributed by atoms with Gasteiger partial charge in [-0.25, -0.2) is 0 Å². The average molecular weight is 281 g/mol. The van der Waals surface area contributed by atoms with Crippen molar-refractivity contribution in [2.75, 3.05) is 0 Å². The van der Waals surface area contributed by atoms with E-state index in [9.17, 15) is 0 Å². The standard InChI is InChI=1S/C20H40/c1-13(2)17(18(6,7)8)15(4)14(3)16(5)20(11)12-19(20,9)10/h13-17H,12H2,1-11H3. The summed E-state index contributed by atoms with van der Waals surface area (Å²) in [6.07, 6.45) is 1.40. The van der Waals surface area contributed by atoms with Crippen molar-refractivity contribution in [1.29, 1.82) is 0 Å². The van der Waals surface area contributed by atoms with Crippen molar-refractivity contribution in [2.24, 2.45) is 45.8 Å². The summed E-state index contributed by atoms with van der Waals surface area (Å²) in [5.41, 5.74) is 1.51. The van der Waals surface area contributed by atoms with E-state index < -0.39 is 0 Å². The summed E-state index contributed by atoms with van der Waals surface area (Å²) in [5.74, 6) is 3.97. The molecule has 1 rings (SSSR count). The lowest BCUT2D eigenvalue weighted by Crippen LogP contribution is -2.38. The van der Waals surface area contributed by atoms with Gasteiger partial charge >= 0.3 is 0 Å². The molecule has 0 amide bonds. The fourth-order valence-electron chi connectivity index (χ4n) is 5.41. The van der Waals surface area contributed by atoms with Gasteiger partial charge in [0.1, 0.15) is 0 Å². The van der Waals surface area contributed by atoms with E-state index in [1.807, 2.05) is 0 Å². The fourth-order valence-corrected chi connectivity index (χ4v) is 5.41. The third-order valence-corrected chi connectivity index (χ3v) is 7.14. The highest BCUT2D eigenvalue weighted by Crippen LogP contribution is 2.69. The van der Waals surface area contributed by atoms with Gasteiger partial charge in [-0.1, -0.05) is 76.2 Å². The van der Waals surface area contributed by atoms with Gasteiger partial charge in [-0.3, -0.25) is 0 Å². The van der Waals surface area contributed by atoms with Crippen molar-refractivity contribution >= 4 is 0 Å². The Balaban J connectivity index is 2.88. The molecule has 0 aromatic carbocycles. The molecule has 0 heterocycles. The first-order valence-electron chi connectivity index (χ1n) is 8.75. The second-order valence-electron chi connectivity index (χ2n) is 10.1. The second-order valence-corrected chi connectivity index (χ2v) is 10.1. The molecule has 1 aliphatic rings. The first-order valence-corrected chi connectivity index (χ1v) is 8.75.